The van der Waals surface area contributed by atoms with Gasteiger partial charge in [0.1, 0.15) is 35.4 Å². The summed E-state index contributed by atoms with van der Waals surface area (Å²) in [6, 6.07) is 36.0. The van der Waals surface area contributed by atoms with Crippen molar-refractivity contribution < 1.29 is 0 Å². The van der Waals surface area contributed by atoms with Gasteiger partial charge in [0.15, 0.2) is 0 Å². The third kappa shape index (κ3) is 4.04. The fourth-order valence-electron chi connectivity index (χ4n) is 4.89. The Kier molecular flexibility index (Phi) is 6.17. The maximum atomic E-state index is 9.93. The normalized spacial score (nSPS) is 10.3. The average molecular weight is 485 g/mol. The van der Waals surface area contributed by atoms with E-state index in [0.29, 0.717) is 32.0 Å². The molecule has 0 radical (unpaired) electrons. The van der Waals surface area contributed by atoms with Crippen LogP contribution in [0.25, 0.3) is 54.9 Å². The lowest BCUT2D eigenvalue weighted by Crippen LogP contribution is -2.18. The van der Waals surface area contributed by atoms with Gasteiger partial charge in [-0.05, 0) is 69.8 Å². The number of hydrogen-bond acceptors (Lipinski definition) is 4. The van der Waals surface area contributed by atoms with E-state index >= 15 is 0 Å². The molecule has 0 aliphatic carbocycles. The van der Waals surface area contributed by atoms with Crippen molar-refractivity contribution in [2.24, 2.45) is 0 Å². The minimum atomic E-state index is -0.0221. The molecule has 0 bridgehead atoms. The van der Waals surface area contributed by atoms with Gasteiger partial charge in [0.2, 0.25) is 0 Å². The topological polar surface area (TPSA) is 95.2 Å². The number of rotatable bonds is 2. The van der Waals surface area contributed by atoms with E-state index in [1.807, 2.05) is 98.8 Å². The summed E-state index contributed by atoms with van der Waals surface area (Å²) in [5, 5.41) is 43.3. The van der Waals surface area contributed by atoms with E-state index in [2.05, 4.69) is 24.3 Å². The molecule has 0 aliphatic rings. The van der Waals surface area contributed by atoms with Gasteiger partial charge in [0.05, 0.1) is 0 Å². The molecular formula is C34H20N4. The zero-order chi connectivity index (χ0) is 26.8. The highest BCUT2D eigenvalue weighted by Gasteiger charge is 2.15. The van der Waals surface area contributed by atoms with Crippen LogP contribution in [0.5, 0.6) is 0 Å². The summed E-state index contributed by atoms with van der Waals surface area (Å²) in [5.74, 6) is 0. The molecular weight excluding hydrogens is 464 g/mol. The van der Waals surface area contributed by atoms with Crippen molar-refractivity contribution in [1.82, 2.24) is 0 Å². The van der Waals surface area contributed by atoms with E-state index in [9.17, 15) is 21.0 Å². The molecule has 0 saturated heterocycles. The second-order valence-electron chi connectivity index (χ2n) is 9.20. The molecule has 0 aromatic heterocycles. The zero-order valence-corrected chi connectivity index (χ0v) is 20.9. The Labute approximate surface area is 220 Å². The highest BCUT2D eigenvalue weighted by molar-refractivity contribution is 6.07. The lowest BCUT2D eigenvalue weighted by molar-refractivity contribution is 1.47. The van der Waals surface area contributed by atoms with Crippen LogP contribution in [0.4, 0.5) is 0 Å². The first-order valence-electron chi connectivity index (χ1n) is 12.0. The second-order valence-corrected chi connectivity index (χ2v) is 9.20. The molecule has 38 heavy (non-hydrogen) atoms. The van der Waals surface area contributed by atoms with Gasteiger partial charge < -0.3 is 0 Å². The minimum absolute atomic E-state index is 0.0221. The molecule has 4 nitrogen and oxygen atoms in total. The van der Waals surface area contributed by atoms with Crippen LogP contribution < -0.4 is 10.4 Å². The third-order valence-corrected chi connectivity index (χ3v) is 6.83. The first-order valence-corrected chi connectivity index (χ1v) is 12.0. The SMILES string of the molecule is Cc1ccc(-c2ccc3c(=C(C#N)C#N)c4cc(-c5ccc(C)cc5)ccc4c(=C(C#N)C#N)c3c2)cc1. The molecule has 5 rings (SSSR count). The summed E-state index contributed by atoms with van der Waals surface area (Å²) < 4.78 is 0. The summed E-state index contributed by atoms with van der Waals surface area (Å²) in [7, 11) is 0. The molecule has 0 heterocycles. The standard InChI is InChI=1S/C34H20N4/c1-21-3-7-23(8-4-21)25-11-13-29-31(15-25)33(27(17-35)18-36)30-14-12-26(24-9-5-22(2)6-10-24)16-32(30)34(29)28(19-37)20-38/h3-16H,1-2H3. The largest absolute Gasteiger partial charge is 0.192 e. The zero-order valence-electron chi connectivity index (χ0n) is 20.9. The Morgan fingerprint density at radius 1 is 0.421 bits per heavy atom. The van der Waals surface area contributed by atoms with Crippen LogP contribution in [0, 0.1) is 59.2 Å². The summed E-state index contributed by atoms with van der Waals surface area (Å²) in [6.45, 7) is 4.04. The van der Waals surface area contributed by atoms with E-state index in [-0.39, 0.29) is 11.1 Å². The molecule has 0 unspecified atom stereocenters. The quantitative estimate of drug-likeness (QED) is 0.273. The number of benzene rings is 5. The van der Waals surface area contributed by atoms with Crippen LogP contribution in [-0.4, -0.2) is 0 Å². The van der Waals surface area contributed by atoms with Crippen LogP contribution in [0.3, 0.4) is 0 Å². The number of nitriles is 4. The van der Waals surface area contributed by atoms with Gasteiger partial charge in [0.25, 0.3) is 0 Å². The Hall–Kier alpha value is -5.68. The van der Waals surface area contributed by atoms with Crippen LogP contribution >= 0.6 is 0 Å². The Balaban J connectivity index is 2.03. The first-order chi connectivity index (χ1) is 18.5. The van der Waals surface area contributed by atoms with Gasteiger partial charge >= 0.3 is 0 Å². The molecule has 0 amide bonds. The van der Waals surface area contributed by atoms with Crippen molar-refractivity contribution in [2.75, 3.05) is 0 Å². The summed E-state index contributed by atoms with van der Waals surface area (Å²) >= 11 is 0. The molecule has 0 N–H and O–H groups in total. The lowest BCUT2D eigenvalue weighted by atomic mass is 9.90. The van der Waals surface area contributed by atoms with E-state index < -0.39 is 0 Å². The van der Waals surface area contributed by atoms with Gasteiger partial charge in [-0.1, -0.05) is 83.9 Å². The van der Waals surface area contributed by atoms with Crippen molar-refractivity contribution in [3.8, 4) is 46.5 Å². The fourth-order valence-corrected chi connectivity index (χ4v) is 4.89. The van der Waals surface area contributed by atoms with E-state index in [1.54, 1.807) is 0 Å². The van der Waals surface area contributed by atoms with E-state index in [4.69, 9.17) is 0 Å². The molecule has 5 aromatic carbocycles. The van der Waals surface area contributed by atoms with Crippen LogP contribution in [-0.2, 0) is 0 Å². The number of fused-ring (bicyclic) bond motifs is 2. The third-order valence-electron chi connectivity index (χ3n) is 6.83. The van der Waals surface area contributed by atoms with Gasteiger partial charge in [-0.3, -0.25) is 0 Å². The van der Waals surface area contributed by atoms with Gasteiger partial charge in [0, 0.05) is 10.4 Å². The van der Waals surface area contributed by atoms with Crippen LogP contribution in [0.15, 0.2) is 84.9 Å². The van der Waals surface area contributed by atoms with Crippen molar-refractivity contribution in [1.29, 1.82) is 21.0 Å². The van der Waals surface area contributed by atoms with Gasteiger partial charge in [-0.15, -0.1) is 0 Å². The van der Waals surface area contributed by atoms with Gasteiger partial charge in [-0.25, -0.2) is 0 Å². The maximum Gasteiger partial charge on any atom is 0.138 e. The van der Waals surface area contributed by atoms with E-state index in [1.165, 1.54) is 0 Å². The molecule has 0 atom stereocenters. The molecule has 0 aliphatic heterocycles. The van der Waals surface area contributed by atoms with Crippen LogP contribution in [0.2, 0.25) is 0 Å². The number of aryl methyl sites for hydroxylation is 2. The molecule has 0 spiro atoms. The average Bonchev–Trinajstić information content (AvgIpc) is 2.95. The maximum absolute atomic E-state index is 9.93. The van der Waals surface area contributed by atoms with E-state index in [0.717, 1.165) is 33.4 Å². The summed E-state index contributed by atoms with van der Waals surface area (Å²) in [6.07, 6.45) is 0. The molecule has 5 aromatic rings. The second kappa shape index (κ2) is 9.76. The molecule has 176 valence electrons. The predicted molar refractivity (Wildman–Crippen MR) is 150 cm³/mol. The number of nitrogens with zero attached hydrogens (tertiary/aromatic N) is 4. The summed E-state index contributed by atoms with van der Waals surface area (Å²) in [4.78, 5) is 0. The van der Waals surface area contributed by atoms with Crippen molar-refractivity contribution in [3.63, 3.8) is 0 Å². The predicted octanol–water partition coefficient (Wildman–Crippen LogP) is 6.34. The fraction of sp³-hybridized carbons (Fsp3) is 0.0588. The number of hydrogen-bond donors (Lipinski definition) is 0. The lowest BCUT2D eigenvalue weighted by Gasteiger charge is -2.12. The Morgan fingerprint density at radius 3 is 1.05 bits per heavy atom. The molecule has 0 fully saturated rings. The van der Waals surface area contributed by atoms with Gasteiger partial charge in [-0.2, -0.15) is 21.0 Å². The van der Waals surface area contributed by atoms with Crippen molar-refractivity contribution in [2.45, 2.75) is 13.8 Å². The first kappa shape index (κ1) is 24.0. The molecule has 4 heteroatoms. The highest BCUT2D eigenvalue weighted by atomic mass is 14.3. The Bertz CT molecular complexity index is 1870. The van der Waals surface area contributed by atoms with Crippen molar-refractivity contribution >= 4 is 32.7 Å². The van der Waals surface area contributed by atoms with Crippen LogP contribution in [0.1, 0.15) is 11.1 Å². The molecule has 0 saturated carbocycles. The minimum Gasteiger partial charge on any atom is -0.192 e. The van der Waals surface area contributed by atoms with Crippen molar-refractivity contribution in [3.05, 3.63) is 106 Å². The highest BCUT2D eigenvalue weighted by Crippen LogP contribution is 2.27. The monoisotopic (exact) mass is 484 g/mol. The smallest absolute Gasteiger partial charge is 0.138 e. The Morgan fingerprint density at radius 2 is 0.737 bits per heavy atom. The summed E-state index contributed by atoms with van der Waals surface area (Å²) in [5.41, 5.74) is 6.02.